The Bertz CT molecular complexity index is 643. The molecule has 2 unspecified atom stereocenters. The fraction of sp³-hybridized carbons (Fsp3) is 0.471. The van der Waals surface area contributed by atoms with E-state index >= 15 is 0 Å². The number of ketones is 1. The van der Waals surface area contributed by atoms with E-state index in [9.17, 15) is 9.18 Å². The van der Waals surface area contributed by atoms with Crippen molar-refractivity contribution in [3.8, 4) is 0 Å². The normalized spacial score (nSPS) is 20.6. The van der Waals surface area contributed by atoms with E-state index < -0.39 is 5.82 Å². The van der Waals surface area contributed by atoms with Gasteiger partial charge in [0.15, 0.2) is 22.9 Å². The second-order valence-electron chi connectivity index (χ2n) is 5.98. The molecular weight excluding hydrogens is 269 g/mol. The topological polar surface area (TPSA) is 42.2 Å². The fourth-order valence-electron chi connectivity index (χ4n) is 3.09. The van der Waals surface area contributed by atoms with Gasteiger partial charge in [0.2, 0.25) is 0 Å². The number of carbonyl (C=O) groups excluding carboxylic acids is 1. The van der Waals surface area contributed by atoms with E-state index in [0.29, 0.717) is 23.6 Å². The number of fused-ring (bicyclic) bond motifs is 1. The molecule has 1 aliphatic heterocycles. The third kappa shape index (κ3) is 3.00. The zero-order chi connectivity index (χ0) is 14.8. The van der Waals surface area contributed by atoms with Gasteiger partial charge < -0.3 is 9.73 Å². The molecule has 0 spiro atoms. The Hall–Kier alpha value is -1.68. The minimum absolute atomic E-state index is 0.0383. The number of hydrogen-bond acceptors (Lipinski definition) is 3. The molecule has 1 fully saturated rings. The summed E-state index contributed by atoms with van der Waals surface area (Å²) in [6.45, 7) is 4.15. The van der Waals surface area contributed by atoms with Crippen LogP contribution in [0.2, 0.25) is 0 Å². The van der Waals surface area contributed by atoms with E-state index in [1.165, 1.54) is 12.5 Å². The summed E-state index contributed by atoms with van der Waals surface area (Å²) in [5, 5.41) is 4.02. The van der Waals surface area contributed by atoms with Gasteiger partial charge in [0.1, 0.15) is 0 Å². The number of Topliss-reactive ketones (excluding diaryl/α,β-unsaturated/α-hetero) is 1. The molecule has 2 atom stereocenters. The van der Waals surface area contributed by atoms with Crippen LogP contribution in [0, 0.1) is 17.7 Å². The van der Waals surface area contributed by atoms with Crippen molar-refractivity contribution < 1.29 is 13.6 Å². The Morgan fingerprint density at radius 1 is 1.52 bits per heavy atom. The van der Waals surface area contributed by atoms with Gasteiger partial charge in [0, 0.05) is 11.8 Å². The minimum Gasteiger partial charge on any atom is -0.450 e. The first-order valence-electron chi connectivity index (χ1n) is 7.57. The summed E-state index contributed by atoms with van der Waals surface area (Å²) in [5.74, 6) is 0.651. The number of piperidine rings is 1. The molecule has 0 aliphatic carbocycles. The van der Waals surface area contributed by atoms with Crippen LogP contribution in [0.4, 0.5) is 4.39 Å². The van der Waals surface area contributed by atoms with E-state index in [-0.39, 0.29) is 17.1 Å². The summed E-state index contributed by atoms with van der Waals surface area (Å²) in [5.41, 5.74) is 0.174. The lowest BCUT2D eigenvalue weighted by Crippen LogP contribution is -2.33. The molecule has 21 heavy (non-hydrogen) atoms. The van der Waals surface area contributed by atoms with Gasteiger partial charge in [-0.3, -0.25) is 4.79 Å². The van der Waals surface area contributed by atoms with Crippen molar-refractivity contribution in [2.45, 2.75) is 26.2 Å². The predicted molar refractivity (Wildman–Crippen MR) is 79.9 cm³/mol. The van der Waals surface area contributed by atoms with Gasteiger partial charge in [-0.25, -0.2) is 4.39 Å². The monoisotopic (exact) mass is 289 g/mol. The van der Waals surface area contributed by atoms with Gasteiger partial charge in [0.25, 0.3) is 0 Å². The second-order valence-corrected chi connectivity index (χ2v) is 5.98. The molecule has 0 amide bonds. The number of hydrogen-bond donors (Lipinski definition) is 1. The first-order valence-corrected chi connectivity index (χ1v) is 7.57. The van der Waals surface area contributed by atoms with Gasteiger partial charge in [-0.05, 0) is 49.9 Å². The average molecular weight is 289 g/mol. The van der Waals surface area contributed by atoms with Crippen molar-refractivity contribution in [3.63, 3.8) is 0 Å². The van der Waals surface area contributed by atoms with Crippen LogP contribution in [0.1, 0.15) is 36.7 Å². The van der Waals surface area contributed by atoms with Gasteiger partial charge in [0.05, 0.1) is 0 Å². The zero-order valence-electron chi connectivity index (χ0n) is 12.2. The summed E-state index contributed by atoms with van der Waals surface area (Å²) < 4.78 is 19.0. The Morgan fingerprint density at radius 2 is 2.38 bits per heavy atom. The SMILES string of the molecule is CC(CC(=O)c1cc2cccc(F)c2o1)C1CCCNC1. The van der Waals surface area contributed by atoms with Crippen molar-refractivity contribution >= 4 is 16.8 Å². The zero-order valence-corrected chi connectivity index (χ0v) is 12.2. The maximum absolute atomic E-state index is 13.6. The molecule has 112 valence electrons. The summed E-state index contributed by atoms with van der Waals surface area (Å²) in [6.07, 6.45) is 2.78. The van der Waals surface area contributed by atoms with Crippen LogP contribution in [-0.2, 0) is 0 Å². The number of furan rings is 1. The molecule has 0 bridgehead atoms. The van der Waals surface area contributed by atoms with Gasteiger partial charge in [-0.1, -0.05) is 19.1 Å². The van der Waals surface area contributed by atoms with Crippen molar-refractivity contribution in [1.82, 2.24) is 5.32 Å². The second kappa shape index (κ2) is 5.98. The van der Waals surface area contributed by atoms with E-state index in [0.717, 1.165) is 19.5 Å². The maximum Gasteiger partial charge on any atom is 0.198 e. The summed E-state index contributed by atoms with van der Waals surface area (Å²) in [6, 6.07) is 6.37. The van der Waals surface area contributed by atoms with Crippen molar-refractivity contribution in [2.24, 2.45) is 11.8 Å². The number of benzene rings is 1. The lowest BCUT2D eigenvalue weighted by atomic mass is 9.84. The summed E-state index contributed by atoms with van der Waals surface area (Å²) in [4.78, 5) is 12.3. The lowest BCUT2D eigenvalue weighted by molar-refractivity contribution is 0.0917. The van der Waals surface area contributed by atoms with Crippen molar-refractivity contribution in [3.05, 3.63) is 35.8 Å². The summed E-state index contributed by atoms with van der Waals surface area (Å²) >= 11 is 0. The van der Waals surface area contributed by atoms with Crippen LogP contribution in [0.25, 0.3) is 11.0 Å². The van der Waals surface area contributed by atoms with E-state index in [1.54, 1.807) is 18.2 Å². The lowest BCUT2D eigenvalue weighted by Gasteiger charge is -2.27. The fourth-order valence-corrected chi connectivity index (χ4v) is 3.09. The maximum atomic E-state index is 13.6. The van der Waals surface area contributed by atoms with Crippen LogP contribution in [0.15, 0.2) is 28.7 Å². The van der Waals surface area contributed by atoms with Crippen molar-refractivity contribution in [1.29, 1.82) is 0 Å². The van der Waals surface area contributed by atoms with Gasteiger partial charge >= 0.3 is 0 Å². The molecule has 1 aromatic carbocycles. The quantitative estimate of drug-likeness (QED) is 0.871. The van der Waals surface area contributed by atoms with Crippen LogP contribution >= 0.6 is 0 Å². The number of rotatable bonds is 4. The van der Waals surface area contributed by atoms with Crippen LogP contribution in [0.3, 0.4) is 0 Å². The first kappa shape index (κ1) is 14.3. The van der Waals surface area contributed by atoms with E-state index in [2.05, 4.69) is 12.2 Å². The average Bonchev–Trinajstić information content (AvgIpc) is 2.94. The van der Waals surface area contributed by atoms with Gasteiger partial charge in [-0.2, -0.15) is 0 Å². The molecule has 3 rings (SSSR count). The molecule has 2 aromatic rings. The van der Waals surface area contributed by atoms with Crippen LogP contribution < -0.4 is 5.32 Å². The number of para-hydroxylation sites is 1. The molecule has 1 aromatic heterocycles. The first-order chi connectivity index (χ1) is 10.1. The largest absolute Gasteiger partial charge is 0.450 e. The molecule has 1 saturated heterocycles. The highest BCUT2D eigenvalue weighted by Crippen LogP contribution is 2.27. The van der Waals surface area contributed by atoms with E-state index in [1.807, 2.05) is 0 Å². The molecule has 1 N–H and O–H groups in total. The standard InChI is InChI=1S/C17H20FNO2/c1-11(13-5-3-7-19-10-13)8-15(20)16-9-12-4-2-6-14(18)17(12)21-16/h2,4,6,9,11,13,19H,3,5,7-8,10H2,1H3. The third-order valence-corrected chi connectivity index (χ3v) is 4.42. The smallest absolute Gasteiger partial charge is 0.198 e. The number of nitrogens with one attached hydrogen (secondary N) is 1. The molecule has 3 nitrogen and oxygen atoms in total. The molecule has 0 saturated carbocycles. The highest BCUT2D eigenvalue weighted by molar-refractivity contribution is 5.97. The Kier molecular flexibility index (Phi) is 4.06. The Morgan fingerprint density at radius 3 is 3.10 bits per heavy atom. The third-order valence-electron chi connectivity index (χ3n) is 4.42. The molecule has 2 heterocycles. The Balaban J connectivity index is 1.72. The van der Waals surface area contributed by atoms with Crippen LogP contribution in [0.5, 0.6) is 0 Å². The molecule has 1 aliphatic rings. The van der Waals surface area contributed by atoms with Crippen molar-refractivity contribution in [2.75, 3.05) is 13.1 Å². The minimum atomic E-state index is -0.420. The van der Waals surface area contributed by atoms with E-state index in [4.69, 9.17) is 4.42 Å². The predicted octanol–water partition coefficient (Wildman–Crippen LogP) is 3.78. The molecular formula is C17H20FNO2. The summed E-state index contributed by atoms with van der Waals surface area (Å²) in [7, 11) is 0. The number of halogens is 1. The molecule has 0 radical (unpaired) electrons. The highest BCUT2D eigenvalue weighted by atomic mass is 19.1. The van der Waals surface area contributed by atoms with Crippen LogP contribution in [-0.4, -0.2) is 18.9 Å². The molecule has 4 heteroatoms. The highest BCUT2D eigenvalue weighted by Gasteiger charge is 2.24. The van der Waals surface area contributed by atoms with Gasteiger partial charge in [-0.15, -0.1) is 0 Å². The number of carbonyl (C=O) groups is 1. The Labute approximate surface area is 123 Å².